The number of nitrogens with zero attached hydrogens (tertiary/aromatic N) is 3. The zero-order chi connectivity index (χ0) is 39.0. The number of morpholine rings is 1. The molecule has 13 nitrogen and oxygen atoms in total. The molecule has 5 rings (SSSR count). The first kappa shape index (κ1) is 42.0. The Hall–Kier alpha value is -3.14. The van der Waals surface area contributed by atoms with Gasteiger partial charge in [0, 0.05) is 51.1 Å². The summed E-state index contributed by atoms with van der Waals surface area (Å²) in [5.41, 5.74) is -0.723. The summed E-state index contributed by atoms with van der Waals surface area (Å²) in [6, 6.07) is 6.55. The number of hydrogen-bond acceptors (Lipinski definition) is 10. The molecule has 10 atom stereocenters. The fourth-order valence-electron chi connectivity index (χ4n) is 8.62. The van der Waals surface area contributed by atoms with Crippen LogP contribution in [0.25, 0.3) is 0 Å². The minimum absolute atomic E-state index is 0.0473. The highest BCUT2D eigenvalue weighted by atomic mass is 79.9. The summed E-state index contributed by atoms with van der Waals surface area (Å²) in [5.74, 6) is -3.91. The molecule has 1 aromatic carbocycles. The summed E-state index contributed by atoms with van der Waals surface area (Å²) in [7, 11) is 1.50. The van der Waals surface area contributed by atoms with E-state index >= 15 is 0 Å². The molecule has 1 spiro atoms. The first-order valence-corrected chi connectivity index (χ1v) is 20.1. The molecule has 2 N–H and O–H groups in total. The van der Waals surface area contributed by atoms with Gasteiger partial charge >= 0.3 is 5.97 Å². The van der Waals surface area contributed by atoms with Crippen molar-refractivity contribution in [3.05, 3.63) is 61.2 Å². The molecule has 0 aromatic heterocycles. The van der Waals surface area contributed by atoms with Gasteiger partial charge in [0.05, 0.1) is 56.5 Å². The molecule has 1 aromatic rings. The zero-order valence-corrected chi connectivity index (χ0v) is 33.4. The highest BCUT2D eigenvalue weighted by molar-refractivity contribution is 9.09. The van der Waals surface area contributed by atoms with Crippen LogP contribution in [0.3, 0.4) is 0 Å². The molecule has 298 valence electrons. The van der Waals surface area contributed by atoms with Crippen molar-refractivity contribution in [1.29, 1.82) is 0 Å². The average molecular weight is 818 g/mol. The highest BCUT2D eigenvalue weighted by Gasteiger charge is 2.77. The molecular weight excluding hydrogens is 760 g/mol. The van der Waals surface area contributed by atoms with Crippen LogP contribution in [-0.2, 0) is 38.1 Å². The number of likely N-dealkylation sites (tertiary alicyclic amines) is 1. The molecule has 4 heterocycles. The van der Waals surface area contributed by atoms with E-state index in [1.165, 1.54) is 12.0 Å². The lowest BCUT2D eigenvalue weighted by Gasteiger charge is -2.41. The van der Waals surface area contributed by atoms with Crippen LogP contribution in [0, 0.1) is 17.8 Å². The first-order chi connectivity index (χ1) is 26.1. The van der Waals surface area contributed by atoms with Gasteiger partial charge in [0.2, 0.25) is 17.7 Å². The summed E-state index contributed by atoms with van der Waals surface area (Å²) >= 11 is 3.76. The van der Waals surface area contributed by atoms with Crippen LogP contribution in [-0.4, -0.2) is 144 Å². The van der Waals surface area contributed by atoms with E-state index in [0.717, 1.165) is 13.1 Å². The van der Waals surface area contributed by atoms with E-state index in [9.17, 15) is 24.3 Å². The Kier molecular flexibility index (Phi) is 14.9. The van der Waals surface area contributed by atoms with Crippen LogP contribution in [0.15, 0.2) is 55.6 Å². The van der Waals surface area contributed by atoms with Gasteiger partial charge in [-0.3, -0.25) is 24.1 Å². The van der Waals surface area contributed by atoms with Crippen LogP contribution < -0.4 is 5.32 Å². The summed E-state index contributed by atoms with van der Waals surface area (Å²) in [6.07, 6.45) is 3.23. The number of carbonyl (C=O) groups excluding carboxylic acids is 4. The maximum absolute atomic E-state index is 15.0. The molecule has 3 amide bonds. The fraction of sp³-hybridized carbons (Fsp3) is 0.650. The van der Waals surface area contributed by atoms with Crippen molar-refractivity contribution in [3.8, 4) is 0 Å². The van der Waals surface area contributed by atoms with Gasteiger partial charge in [0.25, 0.3) is 0 Å². The van der Waals surface area contributed by atoms with Crippen molar-refractivity contribution in [2.24, 2.45) is 17.8 Å². The second-order valence-electron chi connectivity index (χ2n) is 14.8. The van der Waals surface area contributed by atoms with E-state index in [-0.39, 0.29) is 48.7 Å². The molecule has 14 heteroatoms. The SMILES string of the molecule is C=CCCC(=O)N[C@H](COC)[C@H](OC(=O)[C@@H]1[C@H]2O[C@@]3(CC2Br)[C@H](C(=O)N(CC=C)CCN2CCOCC2)N([C@@H](CO)[C@@H](C)CC)C(=O)[C@@H]13)c1ccccc1. The number of alkyl halides is 1. The lowest BCUT2D eigenvalue weighted by atomic mass is 9.70. The number of carbonyl (C=O) groups is 4. The van der Waals surface area contributed by atoms with Crippen molar-refractivity contribution in [3.63, 3.8) is 0 Å². The van der Waals surface area contributed by atoms with Crippen LogP contribution >= 0.6 is 15.9 Å². The van der Waals surface area contributed by atoms with Crippen LogP contribution in [0.1, 0.15) is 51.2 Å². The number of fused-ring (bicyclic) bond motifs is 1. The number of ether oxygens (including phenoxy) is 4. The topological polar surface area (TPSA) is 147 Å². The minimum atomic E-state index is -1.36. The molecule has 0 radical (unpaired) electrons. The number of halogens is 1. The number of benzene rings is 1. The van der Waals surface area contributed by atoms with Gasteiger partial charge < -0.3 is 39.2 Å². The predicted molar refractivity (Wildman–Crippen MR) is 205 cm³/mol. The summed E-state index contributed by atoms with van der Waals surface area (Å²) in [5, 5.41) is 13.8. The monoisotopic (exact) mass is 816 g/mol. The maximum Gasteiger partial charge on any atom is 0.313 e. The van der Waals surface area contributed by atoms with Crippen LogP contribution in [0.2, 0.25) is 0 Å². The van der Waals surface area contributed by atoms with Gasteiger partial charge in [-0.25, -0.2) is 0 Å². The van der Waals surface area contributed by atoms with Gasteiger partial charge in [-0.1, -0.05) is 78.7 Å². The van der Waals surface area contributed by atoms with Crippen LogP contribution in [0.5, 0.6) is 0 Å². The molecular formula is C40H57BrN4O9. The number of methoxy groups -OCH3 is 1. The standard InChI is InChI=1S/C40H57BrN4O9/c1-6-9-15-31(47)42-29(25-51-5)34(27-13-11-10-12-14-27)53-39(50)32-33-37(48)45(30(24-46)26(4)8-3)36(40(33)23-28(41)35(32)54-40)38(49)44(16-7-2)18-17-43-19-21-52-22-20-43/h6-7,10-14,26,28-30,32-36,46H,1-2,8-9,15-25H2,3-5H3,(H,42,47)/t26-,28?,29+,30-,32-,33+,34+,35-,36-,40+/m0/s1. The lowest BCUT2D eigenvalue weighted by Crippen LogP contribution is -2.60. The fourth-order valence-corrected chi connectivity index (χ4v) is 9.56. The van der Waals surface area contributed by atoms with Crippen molar-refractivity contribution in [2.75, 3.05) is 66.3 Å². The Labute approximate surface area is 327 Å². The van der Waals surface area contributed by atoms with E-state index in [1.54, 1.807) is 17.1 Å². The Bertz CT molecular complexity index is 1480. The quantitative estimate of drug-likeness (QED) is 0.115. The van der Waals surface area contributed by atoms with Gasteiger partial charge in [-0.15, -0.1) is 13.2 Å². The first-order valence-electron chi connectivity index (χ1n) is 19.2. The number of rotatable bonds is 20. The van der Waals surface area contributed by atoms with Crippen molar-refractivity contribution in [1.82, 2.24) is 20.0 Å². The number of amides is 3. The number of aliphatic hydroxyl groups is 1. The summed E-state index contributed by atoms with van der Waals surface area (Å²) < 4.78 is 24.2. The third kappa shape index (κ3) is 8.63. The van der Waals surface area contributed by atoms with Gasteiger partial charge in [-0.2, -0.15) is 0 Å². The van der Waals surface area contributed by atoms with Crippen molar-refractivity contribution >= 4 is 39.6 Å². The Morgan fingerprint density at radius 2 is 1.91 bits per heavy atom. The largest absolute Gasteiger partial charge is 0.455 e. The smallest absolute Gasteiger partial charge is 0.313 e. The molecule has 2 bridgehead atoms. The highest BCUT2D eigenvalue weighted by Crippen LogP contribution is 2.61. The number of esters is 1. The zero-order valence-electron chi connectivity index (χ0n) is 31.8. The maximum atomic E-state index is 15.0. The molecule has 4 aliphatic heterocycles. The van der Waals surface area contributed by atoms with E-state index in [4.69, 9.17) is 18.9 Å². The van der Waals surface area contributed by atoms with Gasteiger partial charge in [0.1, 0.15) is 17.7 Å². The summed E-state index contributed by atoms with van der Waals surface area (Å²) in [6.45, 7) is 15.2. The lowest BCUT2D eigenvalue weighted by molar-refractivity contribution is -0.163. The molecule has 0 saturated carbocycles. The number of hydrogen-bond donors (Lipinski definition) is 2. The van der Waals surface area contributed by atoms with E-state index in [0.29, 0.717) is 51.1 Å². The Balaban J connectivity index is 1.51. The molecule has 4 fully saturated rings. The second kappa shape index (κ2) is 19.1. The molecule has 4 saturated heterocycles. The average Bonchev–Trinajstić information content (AvgIpc) is 3.78. The third-order valence-electron chi connectivity index (χ3n) is 11.5. The third-order valence-corrected chi connectivity index (χ3v) is 12.4. The minimum Gasteiger partial charge on any atom is -0.455 e. The Morgan fingerprint density at radius 3 is 2.54 bits per heavy atom. The van der Waals surface area contributed by atoms with E-state index < -0.39 is 59.6 Å². The van der Waals surface area contributed by atoms with Gasteiger partial charge in [-0.05, 0) is 24.3 Å². The van der Waals surface area contributed by atoms with Crippen molar-refractivity contribution in [2.45, 2.75) is 80.3 Å². The van der Waals surface area contributed by atoms with E-state index in [1.807, 2.05) is 44.2 Å². The normalized spacial score (nSPS) is 28.5. The second-order valence-corrected chi connectivity index (χ2v) is 16.0. The van der Waals surface area contributed by atoms with Crippen molar-refractivity contribution < 1.29 is 43.2 Å². The molecule has 4 aliphatic rings. The number of aliphatic hydroxyl groups excluding tert-OH is 1. The van der Waals surface area contributed by atoms with E-state index in [2.05, 4.69) is 39.3 Å². The summed E-state index contributed by atoms with van der Waals surface area (Å²) in [4.78, 5) is 62.7. The number of allylic oxidation sites excluding steroid dienone is 1. The number of nitrogens with one attached hydrogen (secondary N) is 1. The molecule has 1 unspecified atom stereocenters. The molecule has 0 aliphatic carbocycles. The predicted octanol–water partition coefficient (Wildman–Crippen LogP) is 2.87. The Morgan fingerprint density at radius 1 is 1.19 bits per heavy atom. The molecule has 54 heavy (non-hydrogen) atoms. The van der Waals surface area contributed by atoms with Gasteiger partial charge in [0.15, 0.2) is 0 Å². The van der Waals surface area contributed by atoms with Crippen LogP contribution in [0.4, 0.5) is 0 Å².